The highest BCUT2D eigenvalue weighted by atomic mass is 16.5. The summed E-state index contributed by atoms with van der Waals surface area (Å²) in [6, 6.07) is 3.73. The lowest BCUT2D eigenvalue weighted by atomic mass is 10.2. The SMILES string of the molecule is COc1ccc(-c2nc(C)n(CC(C)C)c2N)cn1. The summed E-state index contributed by atoms with van der Waals surface area (Å²) in [5.41, 5.74) is 7.89. The number of hydrogen-bond acceptors (Lipinski definition) is 4. The monoisotopic (exact) mass is 260 g/mol. The molecule has 2 rings (SSSR count). The highest BCUT2D eigenvalue weighted by Gasteiger charge is 2.14. The van der Waals surface area contributed by atoms with Gasteiger partial charge in [0.15, 0.2) is 0 Å². The maximum atomic E-state index is 6.20. The van der Waals surface area contributed by atoms with Gasteiger partial charge in [0.1, 0.15) is 17.3 Å². The van der Waals surface area contributed by atoms with Gasteiger partial charge < -0.3 is 15.0 Å². The van der Waals surface area contributed by atoms with Crippen molar-refractivity contribution in [2.45, 2.75) is 27.3 Å². The van der Waals surface area contributed by atoms with E-state index < -0.39 is 0 Å². The van der Waals surface area contributed by atoms with Crippen LogP contribution in [0.5, 0.6) is 5.88 Å². The summed E-state index contributed by atoms with van der Waals surface area (Å²) in [4.78, 5) is 8.73. The Morgan fingerprint density at radius 3 is 2.63 bits per heavy atom. The van der Waals surface area contributed by atoms with E-state index in [4.69, 9.17) is 10.5 Å². The molecule has 0 radical (unpaired) electrons. The summed E-state index contributed by atoms with van der Waals surface area (Å²) >= 11 is 0. The first-order valence-electron chi connectivity index (χ1n) is 6.36. The second-order valence-corrected chi connectivity index (χ2v) is 4.99. The van der Waals surface area contributed by atoms with Crippen molar-refractivity contribution in [1.29, 1.82) is 0 Å². The van der Waals surface area contributed by atoms with Crippen LogP contribution in [0.15, 0.2) is 18.3 Å². The van der Waals surface area contributed by atoms with Gasteiger partial charge in [-0.1, -0.05) is 13.8 Å². The van der Waals surface area contributed by atoms with Gasteiger partial charge in [-0.2, -0.15) is 0 Å². The number of hydrogen-bond donors (Lipinski definition) is 1. The summed E-state index contributed by atoms with van der Waals surface area (Å²) < 4.78 is 7.09. The molecule has 0 amide bonds. The molecular formula is C14H20N4O. The summed E-state index contributed by atoms with van der Waals surface area (Å²) in [5, 5.41) is 0. The number of pyridine rings is 1. The number of nitrogens with zero attached hydrogens (tertiary/aromatic N) is 3. The molecular weight excluding hydrogens is 240 g/mol. The number of nitrogens with two attached hydrogens (primary N) is 1. The number of rotatable bonds is 4. The molecule has 0 saturated heterocycles. The predicted octanol–water partition coefficient (Wildman–Crippen LogP) is 2.50. The first-order chi connectivity index (χ1) is 9.02. The van der Waals surface area contributed by atoms with E-state index >= 15 is 0 Å². The Labute approximate surface area is 113 Å². The van der Waals surface area contributed by atoms with Crippen molar-refractivity contribution in [3.63, 3.8) is 0 Å². The molecule has 5 heteroatoms. The van der Waals surface area contributed by atoms with E-state index in [9.17, 15) is 0 Å². The average Bonchev–Trinajstić information content (AvgIpc) is 2.66. The molecule has 2 heterocycles. The van der Waals surface area contributed by atoms with Gasteiger partial charge in [-0.15, -0.1) is 0 Å². The van der Waals surface area contributed by atoms with Crippen LogP contribution in [0.2, 0.25) is 0 Å². The highest BCUT2D eigenvalue weighted by Crippen LogP contribution is 2.27. The van der Waals surface area contributed by atoms with Gasteiger partial charge >= 0.3 is 0 Å². The van der Waals surface area contributed by atoms with Crippen molar-refractivity contribution in [3.05, 3.63) is 24.2 Å². The average molecular weight is 260 g/mol. The molecule has 0 fully saturated rings. The van der Waals surface area contributed by atoms with Gasteiger partial charge in [-0.3, -0.25) is 0 Å². The zero-order valence-electron chi connectivity index (χ0n) is 11.8. The van der Waals surface area contributed by atoms with Gasteiger partial charge in [-0.05, 0) is 18.9 Å². The molecule has 0 aromatic carbocycles. The van der Waals surface area contributed by atoms with Gasteiger partial charge in [0.25, 0.3) is 0 Å². The summed E-state index contributed by atoms with van der Waals surface area (Å²) in [6.45, 7) is 7.16. The smallest absolute Gasteiger partial charge is 0.212 e. The van der Waals surface area contributed by atoms with Gasteiger partial charge in [0.2, 0.25) is 5.88 Å². The normalized spacial score (nSPS) is 11.0. The highest BCUT2D eigenvalue weighted by molar-refractivity contribution is 5.70. The number of imidazole rings is 1. The maximum Gasteiger partial charge on any atom is 0.212 e. The zero-order chi connectivity index (χ0) is 14.0. The lowest BCUT2D eigenvalue weighted by Gasteiger charge is -2.10. The molecule has 0 aliphatic rings. The number of aromatic nitrogens is 3. The molecule has 2 aromatic rings. The standard InChI is InChI=1S/C14H20N4O/c1-9(2)8-18-10(3)17-13(14(18)15)11-5-6-12(19-4)16-7-11/h5-7,9H,8,15H2,1-4H3. The van der Waals surface area contributed by atoms with E-state index in [1.54, 1.807) is 13.3 Å². The summed E-state index contributed by atoms with van der Waals surface area (Å²) in [5.74, 6) is 2.73. The molecule has 5 nitrogen and oxygen atoms in total. The molecule has 0 aliphatic heterocycles. The van der Waals surface area contributed by atoms with E-state index in [1.165, 1.54) is 0 Å². The minimum Gasteiger partial charge on any atom is -0.481 e. The third kappa shape index (κ3) is 2.70. The summed E-state index contributed by atoms with van der Waals surface area (Å²) in [6.07, 6.45) is 1.73. The van der Waals surface area contributed by atoms with E-state index in [-0.39, 0.29) is 0 Å². The van der Waals surface area contributed by atoms with Crippen LogP contribution in [-0.2, 0) is 6.54 Å². The minimum absolute atomic E-state index is 0.525. The molecule has 0 saturated carbocycles. The Kier molecular flexibility index (Phi) is 3.74. The van der Waals surface area contributed by atoms with Crippen LogP contribution in [0.4, 0.5) is 5.82 Å². The molecule has 0 unspecified atom stereocenters. The fourth-order valence-corrected chi connectivity index (χ4v) is 2.03. The van der Waals surface area contributed by atoms with Crippen molar-refractivity contribution < 1.29 is 4.74 Å². The number of ether oxygens (including phenoxy) is 1. The lowest BCUT2D eigenvalue weighted by molar-refractivity contribution is 0.398. The Hall–Kier alpha value is -2.04. The zero-order valence-corrected chi connectivity index (χ0v) is 11.8. The maximum absolute atomic E-state index is 6.20. The number of nitrogen functional groups attached to an aromatic ring is 1. The van der Waals surface area contributed by atoms with Crippen LogP contribution in [0, 0.1) is 12.8 Å². The number of aryl methyl sites for hydroxylation is 1. The molecule has 0 spiro atoms. The van der Waals surface area contributed by atoms with E-state index in [0.29, 0.717) is 17.6 Å². The third-order valence-corrected chi connectivity index (χ3v) is 2.96. The van der Waals surface area contributed by atoms with Crippen molar-refractivity contribution in [1.82, 2.24) is 14.5 Å². The third-order valence-electron chi connectivity index (χ3n) is 2.96. The molecule has 0 bridgehead atoms. The van der Waals surface area contributed by atoms with E-state index in [2.05, 4.69) is 23.8 Å². The largest absolute Gasteiger partial charge is 0.481 e. The molecule has 0 atom stereocenters. The Morgan fingerprint density at radius 2 is 2.11 bits per heavy atom. The Morgan fingerprint density at radius 1 is 1.37 bits per heavy atom. The van der Waals surface area contributed by atoms with Crippen molar-refractivity contribution in [2.24, 2.45) is 5.92 Å². The Bertz CT molecular complexity index is 558. The van der Waals surface area contributed by atoms with Crippen LogP contribution in [0.25, 0.3) is 11.3 Å². The van der Waals surface area contributed by atoms with Crippen LogP contribution in [-0.4, -0.2) is 21.6 Å². The number of methoxy groups -OCH3 is 1. The van der Waals surface area contributed by atoms with Gasteiger partial charge in [-0.25, -0.2) is 9.97 Å². The first kappa shape index (κ1) is 13.4. The molecule has 2 N–H and O–H groups in total. The quantitative estimate of drug-likeness (QED) is 0.917. The topological polar surface area (TPSA) is 66.0 Å². The first-order valence-corrected chi connectivity index (χ1v) is 6.36. The lowest BCUT2D eigenvalue weighted by Crippen LogP contribution is -2.09. The fourth-order valence-electron chi connectivity index (χ4n) is 2.03. The van der Waals surface area contributed by atoms with Crippen LogP contribution in [0.3, 0.4) is 0 Å². The van der Waals surface area contributed by atoms with Crippen LogP contribution in [0.1, 0.15) is 19.7 Å². The van der Waals surface area contributed by atoms with Crippen LogP contribution >= 0.6 is 0 Å². The van der Waals surface area contributed by atoms with Crippen molar-refractivity contribution in [3.8, 4) is 17.1 Å². The molecule has 19 heavy (non-hydrogen) atoms. The van der Waals surface area contributed by atoms with Crippen molar-refractivity contribution >= 4 is 5.82 Å². The van der Waals surface area contributed by atoms with E-state index in [0.717, 1.165) is 23.6 Å². The fraction of sp³-hybridized carbons (Fsp3) is 0.429. The van der Waals surface area contributed by atoms with Crippen molar-refractivity contribution in [2.75, 3.05) is 12.8 Å². The Balaban J connectivity index is 2.39. The van der Waals surface area contributed by atoms with Gasteiger partial charge in [0, 0.05) is 24.4 Å². The second-order valence-electron chi connectivity index (χ2n) is 4.99. The predicted molar refractivity (Wildman–Crippen MR) is 76.0 cm³/mol. The summed E-state index contributed by atoms with van der Waals surface area (Å²) in [7, 11) is 1.60. The molecule has 102 valence electrons. The van der Waals surface area contributed by atoms with E-state index in [1.807, 2.05) is 23.6 Å². The van der Waals surface area contributed by atoms with Crippen LogP contribution < -0.4 is 10.5 Å². The second kappa shape index (κ2) is 5.30. The molecule has 0 aliphatic carbocycles. The number of anilines is 1. The minimum atomic E-state index is 0.525. The molecule has 2 aromatic heterocycles. The van der Waals surface area contributed by atoms with Gasteiger partial charge in [0.05, 0.1) is 7.11 Å².